The molecule has 0 aromatic heterocycles. The molecule has 9 heteroatoms. The Morgan fingerprint density at radius 3 is 2.11 bits per heavy atom. The van der Waals surface area contributed by atoms with Crippen molar-refractivity contribution < 1.29 is 19.1 Å². The summed E-state index contributed by atoms with van der Waals surface area (Å²) in [7, 11) is 0. The van der Waals surface area contributed by atoms with E-state index in [1.165, 1.54) is 10.9 Å². The van der Waals surface area contributed by atoms with E-state index in [2.05, 4.69) is 78.6 Å². The van der Waals surface area contributed by atoms with Crippen molar-refractivity contribution in [1.82, 2.24) is 21.3 Å². The molecule has 8 nitrogen and oxygen atoms in total. The Labute approximate surface area is 212 Å². The molecule has 0 aliphatic heterocycles. The Morgan fingerprint density at radius 2 is 1.46 bits per heavy atom. The van der Waals surface area contributed by atoms with Crippen LogP contribution in [0.3, 0.4) is 0 Å². The second-order valence-electron chi connectivity index (χ2n) is 8.50. The molecule has 0 unspecified atom stereocenters. The fourth-order valence-corrected chi connectivity index (χ4v) is 3.25. The number of fused-ring (bicyclic) bond motifs is 1. The highest BCUT2D eigenvalue weighted by Gasteiger charge is 2.08. The molecule has 190 valence electrons. The summed E-state index contributed by atoms with van der Waals surface area (Å²) in [6.45, 7) is 8.74. The number of hydrogen-bond donors (Lipinski definition) is 5. The van der Waals surface area contributed by atoms with Gasteiger partial charge in [-0.05, 0) is 47.2 Å². The average Bonchev–Trinajstić information content (AvgIpc) is 2.86. The predicted molar refractivity (Wildman–Crippen MR) is 143 cm³/mol. The minimum absolute atomic E-state index is 0.0108. The van der Waals surface area contributed by atoms with Crippen molar-refractivity contribution in [3.05, 3.63) is 54.2 Å². The topological polar surface area (TPSA) is 109 Å². The Kier molecular flexibility index (Phi) is 12.0. The summed E-state index contributed by atoms with van der Waals surface area (Å²) in [5, 5.41) is 12.8. The summed E-state index contributed by atoms with van der Waals surface area (Å²) in [6, 6.07) is 12.6. The number of amides is 3. The second-order valence-corrected chi connectivity index (χ2v) is 8.81. The Bertz CT molecular complexity index is 1030. The predicted octanol–water partition coefficient (Wildman–Crippen LogP) is 2.50. The Morgan fingerprint density at radius 1 is 0.857 bits per heavy atom. The first-order valence-corrected chi connectivity index (χ1v) is 12.4. The number of unbranched alkanes of at least 4 members (excludes halogenated alkanes) is 1. The summed E-state index contributed by atoms with van der Waals surface area (Å²) in [6.07, 6.45) is 1.54. The van der Waals surface area contributed by atoms with Crippen molar-refractivity contribution in [2.45, 2.75) is 32.6 Å². The molecule has 0 saturated carbocycles. The van der Waals surface area contributed by atoms with Crippen LogP contribution < -0.4 is 26.0 Å². The van der Waals surface area contributed by atoms with E-state index in [1.807, 2.05) is 12.1 Å². The van der Waals surface area contributed by atoms with Crippen LogP contribution in [0.2, 0.25) is 0 Å². The van der Waals surface area contributed by atoms with E-state index in [0.717, 1.165) is 24.0 Å². The van der Waals surface area contributed by atoms with Gasteiger partial charge in [-0.25, -0.2) is 0 Å². The summed E-state index contributed by atoms with van der Waals surface area (Å²) in [5.74, 6) is 0.671. The molecular weight excluding hydrogens is 464 g/mol. The highest BCUT2D eigenvalue weighted by molar-refractivity contribution is 7.80. The summed E-state index contributed by atoms with van der Waals surface area (Å²) >= 11 is 4.02. The van der Waals surface area contributed by atoms with Crippen molar-refractivity contribution in [1.29, 1.82) is 0 Å². The number of carbonyl (C=O) groups is 3. The van der Waals surface area contributed by atoms with Crippen LogP contribution in [0.25, 0.3) is 10.8 Å². The standard InChI is InChI=1S/C26H36N4O4S/c1-18(2)20-6-7-22-13-23(9-8-21(22)12-20)34-11-5-4-10-27-24(31)15-29-26(33)16-30-25(32)14-28-19(3)17-35/h6-9,12-13,18,28,35H,3-5,10-11,14-17H2,1-2H3,(H,27,31)(H,29,33)(H,30,32). The summed E-state index contributed by atoms with van der Waals surface area (Å²) in [5.41, 5.74) is 1.93. The summed E-state index contributed by atoms with van der Waals surface area (Å²) in [4.78, 5) is 35.2. The molecule has 0 bridgehead atoms. The van der Waals surface area contributed by atoms with Gasteiger partial charge in [0.05, 0.1) is 26.2 Å². The number of benzene rings is 2. The molecule has 35 heavy (non-hydrogen) atoms. The largest absolute Gasteiger partial charge is 0.494 e. The monoisotopic (exact) mass is 500 g/mol. The lowest BCUT2D eigenvalue weighted by Gasteiger charge is -2.10. The van der Waals surface area contributed by atoms with Crippen molar-refractivity contribution in [2.75, 3.05) is 38.5 Å². The highest BCUT2D eigenvalue weighted by Crippen LogP contribution is 2.25. The lowest BCUT2D eigenvalue weighted by molar-refractivity contribution is -0.127. The van der Waals surface area contributed by atoms with Crippen molar-refractivity contribution >= 4 is 41.1 Å². The zero-order chi connectivity index (χ0) is 25.6. The van der Waals surface area contributed by atoms with E-state index in [-0.39, 0.29) is 31.4 Å². The smallest absolute Gasteiger partial charge is 0.239 e. The maximum atomic E-state index is 11.9. The lowest BCUT2D eigenvalue weighted by atomic mass is 9.99. The number of thiol groups is 1. The molecular formula is C26H36N4O4S. The molecule has 0 radical (unpaired) electrons. The Balaban J connectivity index is 1.54. The first-order valence-electron chi connectivity index (χ1n) is 11.8. The van der Waals surface area contributed by atoms with E-state index < -0.39 is 5.91 Å². The third-order valence-corrected chi connectivity index (χ3v) is 5.63. The van der Waals surface area contributed by atoms with Crippen LogP contribution in [-0.2, 0) is 14.4 Å². The first-order chi connectivity index (χ1) is 16.8. The molecule has 0 saturated heterocycles. The number of ether oxygens (including phenoxy) is 1. The SMILES string of the molecule is C=C(CS)NCC(=O)NCC(=O)NCC(=O)NCCCCOc1ccc2cc(C(C)C)ccc2c1. The number of hydrogen-bond acceptors (Lipinski definition) is 6. The average molecular weight is 501 g/mol. The Hall–Kier alpha value is -3.20. The normalized spacial score (nSPS) is 10.6. The molecule has 3 amide bonds. The fraction of sp³-hybridized carbons (Fsp3) is 0.423. The molecule has 0 aliphatic rings. The van der Waals surface area contributed by atoms with Crippen molar-refractivity contribution in [2.24, 2.45) is 0 Å². The van der Waals surface area contributed by atoms with E-state index in [0.29, 0.717) is 30.5 Å². The van der Waals surface area contributed by atoms with Crippen molar-refractivity contribution in [3.63, 3.8) is 0 Å². The van der Waals surface area contributed by atoms with Crippen LogP contribution in [0.5, 0.6) is 5.75 Å². The van der Waals surface area contributed by atoms with E-state index in [4.69, 9.17) is 4.74 Å². The van der Waals surface area contributed by atoms with Gasteiger partial charge in [0.25, 0.3) is 0 Å². The molecule has 0 spiro atoms. The molecule has 4 N–H and O–H groups in total. The van der Waals surface area contributed by atoms with Gasteiger partial charge in [-0.2, -0.15) is 12.6 Å². The summed E-state index contributed by atoms with van der Waals surface area (Å²) < 4.78 is 5.84. The second kappa shape index (κ2) is 14.9. The van der Waals surface area contributed by atoms with Crippen LogP contribution in [0.4, 0.5) is 0 Å². The fourth-order valence-electron chi connectivity index (χ4n) is 3.14. The molecule has 0 atom stereocenters. The van der Waals surface area contributed by atoms with Crippen LogP contribution in [0.15, 0.2) is 48.7 Å². The van der Waals surface area contributed by atoms with Crippen LogP contribution in [0.1, 0.15) is 38.2 Å². The van der Waals surface area contributed by atoms with E-state index in [1.54, 1.807) is 0 Å². The molecule has 0 fully saturated rings. The van der Waals surface area contributed by atoms with Gasteiger partial charge in [-0.15, -0.1) is 0 Å². The van der Waals surface area contributed by atoms with Gasteiger partial charge >= 0.3 is 0 Å². The number of nitrogens with one attached hydrogen (secondary N) is 4. The first kappa shape index (κ1) is 28.0. The molecule has 0 aliphatic carbocycles. The number of rotatable bonds is 15. The molecule has 2 aromatic rings. The van der Waals surface area contributed by atoms with Crippen LogP contribution in [0, 0.1) is 0 Å². The minimum Gasteiger partial charge on any atom is -0.494 e. The molecule has 0 heterocycles. The van der Waals surface area contributed by atoms with Crippen LogP contribution >= 0.6 is 12.6 Å². The minimum atomic E-state index is -0.439. The third kappa shape index (κ3) is 10.7. The highest BCUT2D eigenvalue weighted by atomic mass is 32.1. The van der Waals surface area contributed by atoms with Gasteiger partial charge in [-0.3, -0.25) is 14.4 Å². The quantitative estimate of drug-likeness (QED) is 0.191. The zero-order valence-electron chi connectivity index (χ0n) is 20.5. The third-order valence-electron chi connectivity index (χ3n) is 5.25. The maximum Gasteiger partial charge on any atom is 0.239 e. The lowest BCUT2D eigenvalue weighted by Crippen LogP contribution is -2.43. The molecule has 2 aromatic carbocycles. The van der Waals surface area contributed by atoms with E-state index >= 15 is 0 Å². The van der Waals surface area contributed by atoms with Gasteiger partial charge in [0.15, 0.2) is 0 Å². The van der Waals surface area contributed by atoms with Gasteiger partial charge < -0.3 is 26.0 Å². The van der Waals surface area contributed by atoms with Gasteiger partial charge in [0, 0.05) is 18.0 Å². The van der Waals surface area contributed by atoms with Crippen molar-refractivity contribution in [3.8, 4) is 5.75 Å². The van der Waals surface area contributed by atoms with E-state index in [9.17, 15) is 14.4 Å². The zero-order valence-corrected chi connectivity index (χ0v) is 21.4. The van der Waals surface area contributed by atoms with Gasteiger partial charge in [0.1, 0.15) is 5.75 Å². The van der Waals surface area contributed by atoms with Gasteiger partial charge in [-0.1, -0.05) is 44.7 Å². The van der Waals surface area contributed by atoms with Crippen LogP contribution in [-0.4, -0.2) is 56.3 Å². The van der Waals surface area contributed by atoms with Gasteiger partial charge in [0.2, 0.25) is 17.7 Å². The molecule has 2 rings (SSSR count). The number of carbonyl (C=O) groups excluding carboxylic acids is 3. The maximum absolute atomic E-state index is 11.9.